The minimum Gasteiger partial charge on any atom is -0.497 e. The van der Waals surface area contributed by atoms with Crippen LogP contribution in [0.5, 0.6) is 5.75 Å². The molecule has 1 atom stereocenters. The largest absolute Gasteiger partial charge is 0.497 e. The molecule has 0 unspecified atom stereocenters. The van der Waals surface area contributed by atoms with Crippen LogP contribution in [0, 0.1) is 5.82 Å². The molecule has 1 aromatic heterocycles. The summed E-state index contributed by atoms with van der Waals surface area (Å²) in [6.45, 7) is 5.28. The molecule has 3 aromatic carbocycles. The molecule has 3 heterocycles. The van der Waals surface area contributed by atoms with Crippen molar-refractivity contribution >= 4 is 34.5 Å². The molecule has 0 radical (unpaired) electrons. The number of amides is 1. The molecule has 1 amide bonds. The van der Waals surface area contributed by atoms with Crippen molar-refractivity contribution in [2.75, 3.05) is 18.6 Å². The molecule has 216 valence electrons. The lowest BCUT2D eigenvalue weighted by Gasteiger charge is -2.24. The summed E-state index contributed by atoms with van der Waals surface area (Å²) in [5.74, 6) is -0.861. The highest BCUT2D eigenvalue weighted by molar-refractivity contribution is 7.07. The second-order valence-corrected chi connectivity index (χ2v) is 10.9. The molecule has 0 aliphatic carbocycles. The number of esters is 1. The van der Waals surface area contributed by atoms with E-state index in [1.807, 2.05) is 0 Å². The van der Waals surface area contributed by atoms with Gasteiger partial charge in [-0.3, -0.25) is 14.2 Å². The average molecular weight is 596 g/mol. The van der Waals surface area contributed by atoms with E-state index in [1.165, 1.54) is 21.6 Å². The SMILES string of the molecule is C=CCOC(=O)C1=C(C)N=c2s/c(=C3\C(=O)N(Cc4ccccc4F)c4ccccc43)c(=O)n2[C@H]1c1ccc(OC)cc1. The number of halogens is 1. The molecule has 10 heteroatoms. The fraction of sp³-hybridized carbons (Fsp3) is 0.152. The predicted octanol–water partition coefficient (Wildman–Crippen LogP) is 4.03. The van der Waals surface area contributed by atoms with E-state index in [0.717, 1.165) is 11.3 Å². The lowest BCUT2D eigenvalue weighted by Crippen LogP contribution is -2.41. The van der Waals surface area contributed by atoms with Gasteiger partial charge in [0.2, 0.25) is 0 Å². The zero-order valence-electron chi connectivity index (χ0n) is 23.4. The Morgan fingerprint density at radius 2 is 1.79 bits per heavy atom. The van der Waals surface area contributed by atoms with Gasteiger partial charge >= 0.3 is 5.97 Å². The van der Waals surface area contributed by atoms with Gasteiger partial charge in [0, 0.05) is 11.1 Å². The van der Waals surface area contributed by atoms with Crippen molar-refractivity contribution < 1.29 is 23.5 Å². The highest BCUT2D eigenvalue weighted by Gasteiger charge is 2.37. The number of thiazole rings is 1. The summed E-state index contributed by atoms with van der Waals surface area (Å²) in [5.41, 5.74) is 2.47. The zero-order chi connectivity index (χ0) is 30.2. The summed E-state index contributed by atoms with van der Waals surface area (Å²) in [6, 6.07) is 19.6. The maximum atomic E-state index is 14.6. The van der Waals surface area contributed by atoms with E-state index in [-0.39, 0.29) is 28.8 Å². The van der Waals surface area contributed by atoms with E-state index < -0.39 is 29.3 Å². The summed E-state index contributed by atoms with van der Waals surface area (Å²) in [5, 5.41) is 0. The number of hydrogen-bond acceptors (Lipinski definition) is 7. The summed E-state index contributed by atoms with van der Waals surface area (Å²) >= 11 is 1.08. The number of anilines is 1. The van der Waals surface area contributed by atoms with Crippen molar-refractivity contribution in [3.63, 3.8) is 0 Å². The molecule has 0 spiro atoms. The monoisotopic (exact) mass is 595 g/mol. The average Bonchev–Trinajstić information content (AvgIpc) is 3.48. The molecular formula is C33H26FN3O5S. The number of rotatable bonds is 7. The van der Waals surface area contributed by atoms with Crippen LogP contribution in [-0.2, 0) is 20.9 Å². The molecule has 0 saturated heterocycles. The van der Waals surface area contributed by atoms with Crippen LogP contribution in [0.1, 0.15) is 29.7 Å². The van der Waals surface area contributed by atoms with Gasteiger partial charge in [0.15, 0.2) is 4.80 Å². The number of fused-ring (bicyclic) bond motifs is 2. The molecule has 6 rings (SSSR count). The van der Waals surface area contributed by atoms with E-state index in [0.29, 0.717) is 38.6 Å². The van der Waals surface area contributed by atoms with Gasteiger partial charge in [0.05, 0.1) is 42.2 Å². The molecule has 0 fully saturated rings. The van der Waals surface area contributed by atoms with Crippen LogP contribution in [0.3, 0.4) is 0 Å². The maximum absolute atomic E-state index is 14.6. The van der Waals surface area contributed by atoms with Gasteiger partial charge in [-0.15, -0.1) is 0 Å². The second kappa shape index (κ2) is 11.3. The maximum Gasteiger partial charge on any atom is 0.338 e. The number of methoxy groups -OCH3 is 1. The van der Waals surface area contributed by atoms with Crippen molar-refractivity contribution in [2.45, 2.75) is 19.5 Å². The standard InChI is InChI=1S/C33H26FN3O5S/c1-4-17-42-32(40)26-19(2)35-33-37(28(26)20-13-15-22(41-3)16-14-20)31(39)29(43-33)27-23-10-6-8-12-25(23)36(30(27)38)18-21-9-5-7-11-24(21)34/h4-16,28H,1,17-18H2,2-3H3/b29-27-/t28-/m0/s1. The minimum absolute atomic E-state index is 0.00273. The minimum atomic E-state index is -0.866. The number of para-hydroxylation sites is 1. The fourth-order valence-electron chi connectivity index (χ4n) is 5.40. The number of allylic oxidation sites excluding steroid dienone is 1. The third kappa shape index (κ3) is 4.79. The first kappa shape index (κ1) is 28.0. The topological polar surface area (TPSA) is 90.2 Å². The van der Waals surface area contributed by atoms with Crippen molar-refractivity contribution in [2.24, 2.45) is 4.99 Å². The number of carbonyl (C=O) groups excluding carboxylic acids is 2. The van der Waals surface area contributed by atoms with Crippen LogP contribution in [0.15, 0.2) is 107 Å². The molecule has 4 aromatic rings. The Kier molecular flexibility index (Phi) is 7.37. The third-order valence-corrected chi connectivity index (χ3v) is 8.47. The third-order valence-electron chi connectivity index (χ3n) is 7.42. The van der Waals surface area contributed by atoms with E-state index >= 15 is 0 Å². The van der Waals surface area contributed by atoms with Crippen molar-refractivity contribution in [3.05, 3.63) is 139 Å². The summed E-state index contributed by atoms with van der Waals surface area (Å²) < 4.78 is 26.9. The first-order valence-corrected chi connectivity index (χ1v) is 14.3. The molecule has 2 aliphatic rings. The number of ether oxygens (including phenoxy) is 2. The van der Waals surface area contributed by atoms with Gasteiger partial charge in [-0.1, -0.05) is 72.5 Å². The van der Waals surface area contributed by atoms with E-state index in [9.17, 15) is 18.8 Å². The van der Waals surface area contributed by atoms with Crippen molar-refractivity contribution in [1.82, 2.24) is 4.57 Å². The van der Waals surface area contributed by atoms with Crippen LogP contribution < -0.4 is 24.5 Å². The summed E-state index contributed by atoms with van der Waals surface area (Å²) in [7, 11) is 1.55. The van der Waals surface area contributed by atoms with Gasteiger partial charge in [-0.05, 0) is 36.8 Å². The smallest absolute Gasteiger partial charge is 0.338 e. The van der Waals surface area contributed by atoms with Crippen LogP contribution >= 0.6 is 11.3 Å². The van der Waals surface area contributed by atoms with Gasteiger partial charge in [-0.2, -0.15) is 0 Å². The molecule has 8 nitrogen and oxygen atoms in total. The fourth-order valence-corrected chi connectivity index (χ4v) is 6.54. The summed E-state index contributed by atoms with van der Waals surface area (Å²) in [6.07, 6.45) is 1.46. The van der Waals surface area contributed by atoms with Gasteiger partial charge in [0.25, 0.3) is 11.5 Å². The highest BCUT2D eigenvalue weighted by Crippen LogP contribution is 2.37. The quantitative estimate of drug-likeness (QED) is 0.238. The Labute approximate surface area is 250 Å². The van der Waals surface area contributed by atoms with Crippen LogP contribution in [0.2, 0.25) is 0 Å². The van der Waals surface area contributed by atoms with Crippen molar-refractivity contribution in [3.8, 4) is 5.75 Å². The zero-order valence-corrected chi connectivity index (χ0v) is 24.2. The summed E-state index contributed by atoms with van der Waals surface area (Å²) in [4.78, 5) is 48.1. The Morgan fingerprint density at radius 1 is 1.07 bits per heavy atom. The normalized spacial score (nSPS) is 16.9. The molecule has 0 saturated carbocycles. The van der Waals surface area contributed by atoms with Crippen LogP contribution in [-0.4, -0.2) is 30.2 Å². The molecule has 0 N–H and O–H groups in total. The molecule has 0 bridgehead atoms. The number of aromatic nitrogens is 1. The number of hydrogen-bond donors (Lipinski definition) is 0. The Balaban J connectivity index is 1.56. The number of benzene rings is 3. The predicted molar refractivity (Wildman–Crippen MR) is 161 cm³/mol. The van der Waals surface area contributed by atoms with Crippen LogP contribution in [0.25, 0.3) is 5.57 Å². The Morgan fingerprint density at radius 3 is 2.51 bits per heavy atom. The molecule has 2 aliphatic heterocycles. The van der Waals surface area contributed by atoms with E-state index in [1.54, 1.807) is 80.8 Å². The lowest BCUT2D eigenvalue weighted by atomic mass is 9.96. The van der Waals surface area contributed by atoms with Gasteiger partial charge < -0.3 is 14.4 Å². The Bertz CT molecular complexity index is 2010. The first-order chi connectivity index (χ1) is 20.8. The van der Waals surface area contributed by atoms with E-state index in [4.69, 9.17) is 9.47 Å². The molecule has 43 heavy (non-hydrogen) atoms. The molecular weight excluding hydrogens is 569 g/mol. The van der Waals surface area contributed by atoms with E-state index in [2.05, 4.69) is 11.6 Å². The Hall–Kier alpha value is -5.09. The first-order valence-electron chi connectivity index (χ1n) is 13.5. The van der Waals surface area contributed by atoms with Crippen LogP contribution in [0.4, 0.5) is 10.1 Å². The number of carbonyl (C=O) groups is 2. The highest BCUT2D eigenvalue weighted by atomic mass is 32.1. The lowest BCUT2D eigenvalue weighted by molar-refractivity contribution is -0.138. The van der Waals surface area contributed by atoms with Gasteiger partial charge in [-0.25, -0.2) is 14.2 Å². The van der Waals surface area contributed by atoms with Gasteiger partial charge in [0.1, 0.15) is 22.7 Å². The second-order valence-electron chi connectivity index (χ2n) is 9.94. The number of nitrogens with zero attached hydrogens (tertiary/aromatic N) is 3. The van der Waals surface area contributed by atoms with Crippen molar-refractivity contribution in [1.29, 1.82) is 0 Å².